The molecule has 164 valence electrons. The molecule has 1 aliphatic carbocycles. The van der Waals surface area contributed by atoms with Crippen LogP contribution < -0.4 is 0 Å². The summed E-state index contributed by atoms with van der Waals surface area (Å²) in [4.78, 5) is 0. The molecule has 0 aromatic heterocycles. The van der Waals surface area contributed by atoms with Gasteiger partial charge in [0.2, 0.25) is 0 Å². The lowest BCUT2D eigenvalue weighted by atomic mass is 9.86. The molecule has 0 unspecified atom stereocenters. The number of fused-ring (bicyclic) bond motifs is 9. The second-order valence-corrected chi connectivity index (χ2v) is 10.2. The first-order valence-electron chi connectivity index (χ1n) is 11.9. The molecule has 0 amide bonds. The van der Waals surface area contributed by atoms with Gasteiger partial charge in [-0.15, -0.1) is 5.73 Å². The van der Waals surface area contributed by atoms with Gasteiger partial charge < -0.3 is 0 Å². The van der Waals surface area contributed by atoms with Crippen LogP contribution in [-0.4, -0.2) is 0 Å². The maximum Gasteiger partial charge on any atom is 0.0181 e. The van der Waals surface area contributed by atoms with Gasteiger partial charge in [0.15, 0.2) is 0 Å². The first-order valence-corrected chi connectivity index (χ1v) is 12.7. The third-order valence-electron chi connectivity index (χ3n) is 7.15. The van der Waals surface area contributed by atoms with Crippen molar-refractivity contribution < 1.29 is 0 Å². The minimum atomic E-state index is 1.10. The zero-order valence-corrected chi connectivity index (χ0v) is 20.9. The van der Waals surface area contributed by atoms with E-state index < -0.39 is 0 Å². The number of aryl methyl sites for hydroxylation is 1. The highest BCUT2D eigenvalue weighted by Crippen LogP contribution is 2.43. The number of rotatable bonds is 1. The second-order valence-electron chi connectivity index (χ2n) is 9.32. The van der Waals surface area contributed by atoms with Crippen molar-refractivity contribution in [3.63, 3.8) is 0 Å². The Morgan fingerprint density at radius 1 is 0.571 bits per heavy atom. The van der Waals surface area contributed by atoms with Crippen LogP contribution >= 0.6 is 15.9 Å². The lowest BCUT2D eigenvalue weighted by Crippen LogP contribution is -1.91. The molecule has 0 N–H and O–H groups in total. The van der Waals surface area contributed by atoms with E-state index in [-0.39, 0.29) is 0 Å². The largest absolute Gasteiger partial charge is 0.120 e. The zero-order chi connectivity index (χ0) is 23.5. The van der Waals surface area contributed by atoms with Gasteiger partial charge in [0.05, 0.1) is 0 Å². The van der Waals surface area contributed by atoms with Gasteiger partial charge in [-0.05, 0) is 109 Å². The predicted molar refractivity (Wildman–Crippen MR) is 156 cm³/mol. The number of benzene rings is 6. The molecular weight excluding hydrogens is 488 g/mol. The Balaban J connectivity index is 1.69. The fourth-order valence-electron chi connectivity index (χ4n) is 5.55. The molecule has 0 heterocycles. The third kappa shape index (κ3) is 3.21. The Morgan fingerprint density at radius 3 is 2.17 bits per heavy atom. The minimum Gasteiger partial charge on any atom is -0.120 e. The van der Waals surface area contributed by atoms with Crippen LogP contribution in [0.5, 0.6) is 0 Å². The summed E-state index contributed by atoms with van der Waals surface area (Å²) < 4.78 is 1.10. The van der Waals surface area contributed by atoms with Crippen LogP contribution in [-0.2, 0) is 0 Å². The van der Waals surface area contributed by atoms with Crippen molar-refractivity contribution in [1.82, 2.24) is 0 Å². The van der Waals surface area contributed by atoms with Crippen LogP contribution in [0.1, 0.15) is 22.3 Å². The molecular formula is C34H21Br. The van der Waals surface area contributed by atoms with Crippen molar-refractivity contribution in [3.05, 3.63) is 130 Å². The Hall–Kier alpha value is -3.90. The predicted octanol–water partition coefficient (Wildman–Crippen LogP) is 10.1. The fraction of sp³-hybridized carbons (Fsp3) is 0.0294. The van der Waals surface area contributed by atoms with Crippen LogP contribution in [0, 0.1) is 6.92 Å². The second kappa shape index (κ2) is 7.82. The topological polar surface area (TPSA) is 0 Å². The van der Waals surface area contributed by atoms with Gasteiger partial charge in [-0.3, -0.25) is 0 Å². The average molecular weight is 509 g/mol. The van der Waals surface area contributed by atoms with Crippen molar-refractivity contribution >= 4 is 76.7 Å². The number of hydrogen-bond donors (Lipinski definition) is 0. The van der Waals surface area contributed by atoms with Gasteiger partial charge in [0, 0.05) is 4.47 Å². The van der Waals surface area contributed by atoms with Gasteiger partial charge in [-0.1, -0.05) is 94.3 Å². The molecule has 0 fully saturated rings. The zero-order valence-electron chi connectivity index (χ0n) is 19.3. The molecule has 0 radical (unpaired) electrons. The molecule has 6 aromatic rings. The normalized spacial score (nSPS) is 12.9. The number of allylic oxidation sites excluding steroid dienone is 2. The monoisotopic (exact) mass is 508 g/mol. The molecule has 0 atom stereocenters. The Kier molecular flexibility index (Phi) is 4.57. The van der Waals surface area contributed by atoms with E-state index in [4.69, 9.17) is 0 Å². The quantitative estimate of drug-likeness (QED) is 0.153. The lowest BCUT2D eigenvalue weighted by molar-refractivity contribution is 1.51. The summed E-state index contributed by atoms with van der Waals surface area (Å²) >= 11 is 3.71. The summed E-state index contributed by atoms with van der Waals surface area (Å²) in [6, 6.07) is 33.3. The van der Waals surface area contributed by atoms with E-state index in [1.54, 1.807) is 0 Å². The van der Waals surface area contributed by atoms with E-state index in [2.05, 4.69) is 138 Å². The van der Waals surface area contributed by atoms with Crippen molar-refractivity contribution in [2.45, 2.75) is 6.92 Å². The van der Waals surface area contributed by atoms with E-state index in [1.165, 1.54) is 70.9 Å². The molecule has 0 nitrogen and oxygen atoms in total. The van der Waals surface area contributed by atoms with E-state index in [9.17, 15) is 0 Å². The smallest absolute Gasteiger partial charge is 0.0181 e. The molecule has 1 heteroatoms. The highest BCUT2D eigenvalue weighted by molar-refractivity contribution is 9.10. The Morgan fingerprint density at radius 2 is 1.29 bits per heavy atom. The van der Waals surface area contributed by atoms with E-state index in [0.29, 0.717) is 0 Å². The SMILES string of the molecule is Cc1ccc2c(c1)c1cc(Br)ccc1c1c3ccccc3c(C3=Cc4ccccc4C=C=C3)cc21. The molecule has 0 aliphatic heterocycles. The van der Waals surface area contributed by atoms with Crippen molar-refractivity contribution in [3.8, 4) is 0 Å². The molecule has 0 saturated carbocycles. The van der Waals surface area contributed by atoms with E-state index in [0.717, 1.165) is 4.47 Å². The van der Waals surface area contributed by atoms with Crippen LogP contribution in [0.4, 0.5) is 0 Å². The van der Waals surface area contributed by atoms with Crippen LogP contribution in [0.2, 0.25) is 0 Å². The van der Waals surface area contributed by atoms with Gasteiger partial charge in [0.1, 0.15) is 0 Å². The van der Waals surface area contributed by atoms with Crippen molar-refractivity contribution in [2.24, 2.45) is 0 Å². The van der Waals surface area contributed by atoms with Gasteiger partial charge in [-0.25, -0.2) is 0 Å². The molecule has 0 bridgehead atoms. The number of halogens is 1. The van der Waals surface area contributed by atoms with Gasteiger partial charge >= 0.3 is 0 Å². The third-order valence-corrected chi connectivity index (χ3v) is 7.64. The van der Waals surface area contributed by atoms with Crippen LogP contribution in [0.25, 0.3) is 60.8 Å². The fourth-order valence-corrected chi connectivity index (χ4v) is 5.91. The van der Waals surface area contributed by atoms with Crippen LogP contribution in [0.15, 0.2) is 107 Å². The first kappa shape index (κ1) is 20.5. The van der Waals surface area contributed by atoms with Crippen molar-refractivity contribution in [2.75, 3.05) is 0 Å². The average Bonchev–Trinajstić information content (AvgIpc) is 3.10. The Labute approximate surface area is 212 Å². The lowest BCUT2D eigenvalue weighted by Gasteiger charge is -2.17. The van der Waals surface area contributed by atoms with E-state index in [1.807, 2.05) is 0 Å². The molecule has 7 rings (SSSR count). The van der Waals surface area contributed by atoms with Gasteiger partial charge in [0.25, 0.3) is 0 Å². The van der Waals surface area contributed by atoms with E-state index >= 15 is 0 Å². The summed E-state index contributed by atoms with van der Waals surface area (Å²) in [6.45, 7) is 2.17. The molecule has 35 heavy (non-hydrogen) atoms. The molecule has 1 aliphatic rings. The summed E-state index contributed by atoms with van der Waals surface area (Å²) in [5, 5.41) is 10.3. The molecule has 0 spiro atoms. The molecule has 0 saturated heterocycles. The van der Waals surface area contributed by atoms with Crippen LogP contribution in [0.3, 0.4) is 0 Å². The highest BCUT2D eigenvalue weighted by atomic mass is 79.9. The van der Waals surface area contributed by atoms with Gasteiger partial charge in [-0.2, -0.15) is 0 Å². The minimum absolute atomic E-state index is 1.10. The summed E-state index contributed by atoms with van der Waals surface area (Å²) in [5.74, 6) is 0. The maximum atomic E-state index is 3.71. The summed E-state index contributed by atoms with van der Waals surface area (Å²) in [6.07, 6.45) is 6.49. The van der Waals surface area contributed by atoms with Crippen molar-refractivity contribution in [1.29, 1.82) is 0 Å². The summed E-state index contributed by atoms with van der Waals surface area (Å²) in [5.41, 5.74) is 9.53. The number of hydrogen-bond acceptors (Lipinski definition) is 0. The molecule has 6 aromatic carbocycles. The summed E-state index contributed by atoms with van der Waals surface area (Å²) in [7, 11) is 0. The maximum absolute atomic E-state index is 3.71. The first-order chi connectivity index (χ1) is 17.2. The Bertz CT molecular complexity index is 1950. The standard InChI is InChI=1S/C34H21Br/c1-21-13-15-27-31(17-21)32-19-25(35)14-16-29(32)34-28-12-5-4-11-26(28)30(20-33(27)34)24-10-6-9-22-7-2-3-8-23(22)18-24/h2-5,7-20H,1H3. The highest BCUT2D eigenvalue weighted by Gasteiger charge is 2.16.